The van der Waals surface area contributed by atoms with Gasteiger partial charge in [0.05, 0.1) is 12.0 Å². The Morgan fingerprint density at radius 1 is 0.860 bits per heavy atom. The Morgan fingerprint density at radius 3 is 2.25 bits per heavy atom. The molecule has 8 rings (SSSR count). The standard InChI is InChI=1S/C44H61FN6O5S/c1-56-43(53)46-41-11-5-10-40(41)44(32-49-22-7-23-49,35-8-4-9-36(45)26-35)34-17-24-48(25-18-34)27-33-28-50(29-33)37-13-15-38(16-14-37)57(54,55)39-30-51(31-39)42(52)12-6-21-47-19-2-3-20-47/h4,6,8-9,12-16,26,33-34,39-41H,2-3,5,7,10-11,17-25,27-32H2,1H3,(H,46,53)/b12-6+/t40-,41-,44-/m0/s1. The van der Waals surface area contributed by atoms with Crippen molar-refractivity contribution >= 4 is 27.5 Å². The van der Waals surface area contributed by atoms with Crippen molar-refractivity contribution in [2.75, 3.05) is 97.1 Å². The first-order valence-electron chi connectivity index (χ1n) is 21.4. The van der Waals surface area contributed by atoms with Crippen LogP contribution in [0.4, 0.5) is 14.9 Å². The van der Waals surface area contributed by atoms with E-state index in [2.05, 4.69) is 31.0 Å². The molecule has 310 valence electrons. The molecule has 3 atom stereocenters. The fourth-order valence-electron chi connectivity index (χ4n) is 10.9. The number of carbonyl (C=O) groups is 2. The number of benzene rings is 2. The summed E-state index contributed by atoms with van der Waals surface area (Å²) in [7, 11) is -2.10. The van der Waals surface area contributed by atoms with Crippen molar-refractivity contribution < 1.29 is 27.1 Å². The Morgan fingerprint density at radius 2 is 1.58 bits per heavy atom. The average molecular weight is 805 g/mol. The van der Waals surface area contributed by atoms with E-state index in [-0.39, 0.29) is 48.3 Å². The van der Waals surface area contributed by atoms with Crippen LogP contribution in [0.2, 0.25) is 0 Å². The van der Waals surface area contributed by atoms with Gasteiger partial charge < -0.3 is 29.7 Å². The van der Waals surface area contributed by atoms with Crippen molar-refractivity contribution in [3.05, 3.63) is 72.1 Å². The van der Waals surface area contributed by atoms with Crippen molar-refractivity contribution in [3.63, 3.8) is 0 Å². The van der Waals surface area contributed by atoms with E-state index in [1.807, 2.05) is 24.3 Å². The van der Waals surface area contributed by atoms with Crippen LogP contribution >= 0.6 is 0 Å². The third kappa shape index (κ3) is 8.63. The second-order valence-corrected chi connectivity index (χ2v) is 19.8. The number of anilines is 1. The Hall–Kier alpha value is -3.52. The van der Waals surface area contributed by atoms with Gasteiger partial charge in [-0.05, 0) is 138 Å². The summed E-state index contributed by atoms with van der Waals surface area (Å²) in [5.41, 5.74) is 1.84. The summed E-state index contributed by atoms with van der Waals surface area (Å²) in [6, 6.07) is 14.6. The molecule has 5 aliphatic heterocycles. The van der Waals surface area contributed by atoms with Crippen molar-refractivity contribution in [2.24, 2.45) is 17.8 Å². The number of sulfone groups is 1. The van der Waals surface area contributed by atoms with Crippen LogP contribution in [0.5, 0.6) is 0 Å². The van der Waals surface area contributed by atoms with Gasteiger partial charge in [-0.3, -0.25) is 9.69 Å². The second kappa shape index (κ2) is 17.4. The molecular formula is C44H61FN6O5S. The van der Waals surface area contributed by atoms with Crippen LogP contribution in [0.3, 0.4) is 0 Å². The van der Waals surface area contributed by atoms with Crippen LogP contribution in [-0.2, 0) is 24.8 Å². The van der Waals surface area contributed by atoms with Crippen LogP contribution in [0.15, 0.2) is 65.6 Å². The van der Waals surface area contributed by atoms with Crippen LogP contribution in [0.1, 0.15) is 56.9 Å². The Bertz CT molecular complexity index is 1850. The summed E-state index contributed by atoms with van der Waals surface area (Å²) in [5, 5.41) is 2.62. The number of carbonyl (C=O) groups excluding carboxylic acids is 2. The zero-order valence-electron chi connectivity index (χ0n) is 33.6. The number of nitrogens with zero attached hydrogens (tertiary/aromatic N) is 5. The molecule has 2 amide bonds. The molecule has 1 aliphatic carbocycles. The van der Waals surface area contributed by atoms with E-state index < -0.39 is 15.1 Å². The quantitative estimate of drug-likeness (QED) is 0.271. The minimum Gasteiger partial charge on any atom is -0.453 e. The monoisotopic (exact) mass is 804 g/mol. The molecule has 0 spiro atoms. The van der Waals surface area contributed by atoms with Crippen LogP contribution in [0.25, 0.3) is 0 Å². The van der Waals surface area contributed by atoms with Crippen LogP contribution in [-0.4, -0.2) is 144 Å². The first kappa shape index (κ1) is 40.3. The van der Waals surface area contributed by atoms with Crippen molar-refractivity contribution in [1.29, 1.82) is 0 Å². The van der Waals surface area contributed by atoms with Gasteiger partial charge in [-0.1, -0.05) is 24.6 Å². The molecule has 0 radical (unpaired) electrons. The third-order valence-corrected chi connectivity index (χ3v) is 16.3. The number of hydrogen-bond acceptors (Lipinski definition) is 9. The lowest BCUT2D eigenvalue weighted by molar-refractivity contribution is -0.129. The number of rotatable bonds is 14. The summed E-state index contributed by atoms with van der Waals surface area (Å²) in [4.78, 5) is 36.8. The molecule has 0 aromatic heterocycles. The zero-order chi connectivity index (χ0) is 39.6. The molecule has 5 saturated heterocycles. The number of likely N-dealkylation sites (tertiary alicyclic amines) is 4. The summed E-state index contributed by atoms with van der Waals surface area (Å²) < 4.78 is 46.8. The van der Waals surface area contributed by atoms with Gasteiger partial charge >= 0.3 is 6.09 Å². The summed E-state index contributed by atoms with van der Waals surface area (Å²) >= 11 is 0. The molecule has 1 saturated carbocycles. The van der Waals surface area contributed by atoms with Crippen LogP contribution < -0.4 is 10.2 Å². The molecule has 0 unspecified atom stereocenters. The van der Waals surface area contributed by atoms with Crippen LogP contribution in [0, 0.1) is 23.6 Å². The van der Waals surface area contributed by atoms with Gasteiger partial charge in [0.25, 0.3) is 0 Å². The normalized spacial score (nSPS) is 25.6. The highest BCUT2D eigenvalue weighted by molar-refractivity contribution is 7.92. The fraction of sp³-hybridized carbons (Fsp3) is 0.636. The smallest absolute Gasteiger partial charge is 0.407 e. The van der Waals surface area contributed by atoms with Gasteiger partial charge in [-0.2, -0.15) is 0 Å². The highest BCUT2D eigenvalue weighted by atomic mass is 32.2. The molecule has 6 fully saturated rings. The molecule has 13 heteroatoms. The van der Waals surface area contributed by atoms with Gasteiger partial charge in [-0.15, -0.1) is 0 Å². The summed E-state index contributed by atoms with van der Waals surface area (Å²) in [5.74, 6) is 0.776. The van der Waals surface area contributed by atoms with E-state index >= 15 is 4.39 Å². The van der Waals surface area contributed by atoms with Crippen molar-refractivity contribution in [3.8, 4) is 0 Å². The van der Waals surface area contributed by atoms with Gasteiger partial charge in [0, 0.05) is 75.0 Å². The summed E-state index contributed by atoms with van der Waals surface area (Å²) in [6.45, 7) is 11.3. The SMILES string of the molecule is COC(=O)N[C@H]1CCC[C@@H]1[C@](CN1CCC1)(c1cccc(F)c1)C1CCN(CC2CN(c3ccc(S(=O)(=O)C4CN(C(=O)/C=C/CN5CCCC5)C4)cc3)C2)CC1. The lowest BCUT2D eigenvalue weighted by atomic mass is 9.57. The number of methoxy groups -OCH3 is 1. The summed E-state index contributed by atoms with van der Waals surface area (Å²) in [6.07, 6.45) is 11.7. The molecule has 2 aromatic carbocycles. The lowest BCUT2D eigenvalue weighted by Crippen LogP contribution is -2.60. The predicted octanol–water partition coefficient (Wildman–Crippen LogP) is 4.78. The van der Waals surface area contributed by atoms with E-state index in [0.29, 0.717) is 16.7 Å². The Balaban J connectivity index is 0.846. The second-order valence-electron chi connectivity index (χ2n) is 17.6. The molecule has 5 heterocycles. The molecule has 1 N–H and O–H groups in total. The third-order valence-electron chi connectivity index (χ3n) is 14.2. The van der Waals surface area contributed by atoms with E-state index in [1.165, 1.54) is 26.4 Å². The van der Waals surface area contributed by atoms with Gasteiger partial charge in [0.2, 0.25) is 5.91 Å². The Labute approximate surface area is 338 Å². The number of halogens is 1. The topological polar surface area (TPSA) is 106 Å². The minimum absolute atomic E-state index is 0.00808. The maximum absolute atomic E-state index is 15.0. The number of ether oxygens (including phenoxy) is 1. The van der Waals surface area contributed by atoms with Crippen molar-refractivity contribution in [2.45, 2.75) is 73.0 Å². The average Bonchev–Trinajstić information content (AvgIpc) is 3.85. The van der Waals surface area contributed by atoms with E-state index in [1.54, 1.807) is 35.2 Å². The van der Waals surface area contributed by atoms with Crippen molar-refractivity contribution in [1.82, 2.24) is 24.9 Å². The molecule has 2 aromatic rings. The molecule has 6 aliphatic rings. The molecular weight excluding hydrogens is 744 g/mol. The van der Waals surface area contributed by atoms with E-state index in [9.17, 15) is 18.0 Å². The van der Waals surface area contributed by atoms with E-state index in [4.69, 9.17) is 4.74 Å². The fourth-order valence-corrected chi connectivity index (χ4v) is 12.5. The van der Waals surface area contributed by atoms with Gasteiger partial charge in [-0.25, -0.2) is 17.6 Å². The number of piperidine rings is 1. The highest BCUT2D eigenvalue weighted by Crippen LogP contribution is 2.51. The van der Waals surface area contributed by atoms with Gasteiger partial charge in [0.1, 0.15) is 11.1 Å². The Kier molecular flexibility index (Phi) is 12.3. The van der Waals surface area contributed by atoms with E-state index in [0.717, 1.165) is 115 Å². The maximum atomic E-state index is 15.0. The first-order chi connectivity index (χ1) is 27.6. The molecule has 57 heavy (non-hydrogen) atoms. The highest BCUT2D eigenvalue weighted by Gasteiger charge is 2.53. The molecule has 0 bridgehead atoms. The number of amides is 2. The number of hydrogen-bond donors (Lipinski definition) is 1. The molecule has 11 nitrogen and oxygen atoms in total. The largest absolute Gasteiger partial charge is 0.453 e. The number of nitrogens with one attached hydrogen (secondary N) is 1. The first-order valence-corrected chi connectivity index (χ1v) is 23.0. The number of alkyl carbamates (subject to hydrolysis) is 1. The minimum atomic E-state index is -3.52. The van der Waals surface area contributed by atoms with Gasteiger partial charge in [0.15, 0.2) is 9.84 Å². The predicted molar refractivity (Wildman–Crippen MR) is 219 cm³/mol. The zero-order valence-corrected chi connectivity index (χ0v) is 34.4. The maximum Gasteiger partial charge on any atom is 0.407 e. The lowest BCUT2D eigenvalue weighted by Gasteiger charge is -2.54.